The van der Waals surface area contributed by atoms with Gasteiger partial charge in [-0.1, -0.05) is 173 Å². The predicted octanol–water partition coefficient (Wildman–Crippen LogP) is 14.2. The third kappa shape index (κ3) is 3.77. The molecule has 2 aliphatic rings. The van der Waals surface area contributed by atoms with E-state index in [0.29, 0.717) is 0 Å². The molecule has 0 fully saturated rings. The van der Waals surface area contributed by atoms with Gasteiger partial charge in [-0.15, -0.1) is 0 Å². The molecule has 0 amide bonds. The SMILES string of the molecule is CC1(C)c2ccccc2-c2c1cc(-c1c3ccccc3c(-c3ccc4c(c3)C(C)(C)c3c-4ccc4ccccc34)c3ccccc13)c1ccccc21. The summed E-state index contributed by atoms with van der Waals surface area (Å²) >= 11 is 0. The third-order valence-electron chi connectivity index (χ3n) is 12.6. The van der Waals surface area contributed by atoms with Crippen molar-refractivity contribution in [3.8, 4) is 44.5 Å². The Labute approximate surface area is 305 Å². The topological polar surface area (TPSA) is 0 Å². The summed E-state index contributed by atoms with van der Waals surface area (Å²) < 4.78 is 0. The molecule has 9 aromatic rings. The van der Waals surface area contributed by atoms with E-state index in [-0.39, 0.29) is 10.8 Å². The quantitative estimate of drug-likeness (QED) is 0.162. The van der Waals surface area contributed by atoms with Gasteiger partial charge in [0.05, 0.1) is 0 Å². The fourth-order valence-corrected chi connectivity index (χ4v) is 10.2. The first kappa shape index (κ1) is 29.7. The van der Waals surface area contributed by atoms with E-state index in [9.17, 15) is 0 Å². The van der Waals surface area contributed by atoms with Crippen LogP contribution in [0, 0.1) is 0 Å². The summed E-state index contributed by atoms with van der Waals surface area (Å²) in [7, 11) is 0. The van der Waals surface area contributed by atoms with Gasteiger partial charge in [0, 0.05) is 10.8 Å². The molecule has 0 saturated carbocycles. The summed E-state index contributed by atoms with van der Waals surface area (Å²) in [5.74, 6) is 0. The molecule has 0 bridgehead atoms. The summed E-state index contributed by atoms with van der Waals surface area (Å²) in [6.45, 7) is 9.61. The van der Waals surface area contributed by atoms with Crippen molar-refractivity contribution in [2.24, 2.45) is 0 Å². The summed E-state index contributed by atoms with van der Waals surface area (Å²) in [5, 5.41) is 10.5. The van der Waals surface area contributed by atoms with E-state index < -0.39 is 0 Å². The Kier molecular flexibility index (Phi) is 5.89. The average molecular weight is 663 g/mol. The molecule has 52 heavy (non-hydrogen) atoms. The maximum absolute atomic E-state index is 2.53. The maximum Gasteiger partial charge on any atom is 0.0165 e. The van der Waals surface area contributed by atoms with E-state index in [1.165, 1.54) is 110 Å². The molecular weight excluding hydrogens is 625 g/mol. The molecule has 0 nitrogen and oxygen atoms in total. The first-order valence-corrected chi connectivity index (χ1v) is 18.6. The van der Waals surface area contributed by atoms with Gasteiger partial charge in [-0.25, -0.2) is 0 Å². The van der Waals surface area contributed by atoms with Gasteiger partial charge in [-0.2, -0.15) is 0 Å². The Balaban J connectivity index is 1.20. The third-order valence-corrected chi connectivity index (χ3v) is 12.6. The van der Waals surface area contributed by atoms with Crippen molar-refractivity contribution in [2.45, 2.75) is 38.5 Å². The van der Waals surface area contributed by atoms with Gasteiger partial charge < -0.3 is 0 Å². The highest BCUT2D eigenvalue weighted by Crippen LogP contribution is 2.56. The van der Waals surface area contributed by atoms with Crippen molar-refractivity contribution >= 4 is 43.1 Å². The van der Waals surface area contributed by atoms with Crippen LogP contribution in [0.1, 0.15) is 49.9 Å². The molecule has 0 atom stereocenters. The Morgan fingerprint density at radius 2 is 0.846 bits per heavy atom. The van der Waals surface area contributed by atoms with Crippen LogP contribution in [0.25, 0.3) is 87.6 Å². The average Bonchev–Trinajstić information content (AvgIpc) is 3.56. The predicted molar refractivity (Wildman–Crippen MR) is 222 cm³/mol. The lowest BCUT2D eigenvalue weighted by Crippen LogP contribution is -2.15. The second-order valence-electron chi connectivity index (χ2n) is 16.0. The summed E-state index contributed by atoms with van der Waals surface area (Å²) in [5.41, 5.74) is 16.1. The molecular formula is C52H38. The molecule has 0 N–H and O–H groups in total. The van der Waals surface area contributed by atoms with Crippen molar-refractivity contribution in [2.75, 3.05) is 0 Å². The zero-order valence-electron chi connectivity index (χ0n) is 30.0. The molecule has 0 saturated heterocycles. The standard InChI is InChI=1S/C52H38/c1-51(2)44-24-14-13-23-42(44)49-36-18-8-7-17-34(36)43(30-46(49)51)48-39-21-11-9-19-37(39)47(38-20-10-12-22-40(38)48)32-26-27-35-41-28-25-31-15-5-6-16-33(31)50(41)52(3,4)45(35)29-32/h5-30H,1-4H3. The molecule has 0 heteroatoms. The Hall–Kier alpha value is -5.98. The normalized spacial score (nSPS) is 14.8. The molecule has 0 heterocycles. The van der Waals surface area contributed by atoms with Gasteiger partial charge in [-0.05, 0) is 122 Å². The smallest absolute Gasteiger partial charge is 0.0165 e. The highest BCUT2D eigenvalue weighted by atomic mass is 14.4. The minimum Gasteiger partial charge on any atom is -0.0619 e. The molecule has 0 spiro atoms. The Bertz CT molecular complexity index is 2950. The van der Waals surface area contributed by atoms with Crippen LogP contribution in [0.2, 0.25) is 0 Å². The van der Waals surface area contributed by atoms with Crippen LogP contribution < -0.4 is 0 Å². The lowest BCUT2D eigenvalue weighted by atomic mass is 9.78. The first-order chi connectivity index (χ1) is 25.3. The van der Waals surface area contributed by atoms with Crippen molar-refractivity contribution < 1.29 is 0 Å². The van der Waals surface area contributed by atoms with Gasteiger partial charge in [-0.3, -0.25) is 0 Å². The van der Waals surface area contributed by atoms with E-state index in [4.69, 9.17) is 0 Å². The van der Waals surface area contributed by atoms with Gasteiger partial charge in [0.1, 0.15) is 0 Å². The second-order valence-corrected chi connectivity index (χ2v) is 16.0. The number of hydrogen-bond donors (Lipinski definition) is 0. The van der Waals surface area contributed by atoms with Crippen LogP contribution >= 0.6 is 0 Å². The summed E-state index contributed by atoms with van der Waals surface area (Å²) in [4.78, 5) is 0. The number of benzene rings is 9. The highest BCUT2D eigenvalue weighted by molar-refractivity contribution is 6.24. The molecule has 0 radical (unpaired) electrons. The monoisotopic (exact) mass is 662 g/mol. The fourth-order valence-electron chi connectivity index (χ4n) is 10.2. The Morgan fingerprint density at radius 1 is 0.308 bits per heavy atom. The van der Waals surface area contributed by atoms with E-state index in [1.54, 1.807) is 0 Å². The second kappa shape index (κ2) is 10.3. The van der Waals surface area contributed by atoms with E-state index in [1.807, 2.05) is 0 Å². The van der Waals surface area contributed by atoms with Crippen LogP contribution in [-0.2, 0) is 10.8 Å². The zero-order valence-corrected chi connectivity index (χ0v) is 30.0. The fraction of sp³-hybridized carbons (Fsp3) is 0.115. The summed E-state index contributed by atoms with van der Waals surface area (Å²) in [6, 6.07) is 59.6. The molecule has 246 valence electrons. The molecule has 0 aliphatic heterocycles. The van der Waals surface area contributed by atoms with Crippen molar-refractivity contribution in [3.63, 3.8) is 0 Å². The largest absolute Gasteiger partial charge is 0.0619 e. The van der Waals surface area contributed by atoms with Gasteiger partial charge >= 0.3 is 0 Å². The van der Waals surface area contributed by atoms with Crippen LogP contribution in [0.15, 0.2) is 158 Å². The zero-order chi connectivity index (χ0) is 34.9. The van der Waals surface area contributed by atoms with E-state index >= 15 is 0 Å². The molecule has 9 aromatic carbocycles. The lowest BCUT2D eigenvalue weighted by molar-refractivity contribution is 0.661. The first-order valence-electron chi connectivity index (χ1n) is 18.6. The lowest BCUT2D eigenvalue weighted by Gasteiger charge is -2.25. The van der Waals surface area contributed by atoms with E-state index in [2.05, 4.69) is 185 Å². The Morgan fingerprint density at radius 3 is 1.54 bits per heavy atom. The number of rotatable bonds is 2. The molecule has 2 aliphatic carbocycles. The van der Waals surface area contributed by atoms with Crippen LogP contribution in [0.3, 0.4) is 0 Å². The minimum absolute atomic E-state index is 0.101. The van der Waals surface area contributed by atoms with Crippen molar-refractivity contribution in [1.29, 1.82) is 0 Å². The van der Waals surface area contributed by atoms with Crippen LogP contribution in [-0.4, -0.2) is 0 Å². The molecule has 11 rings (SSSR count). The van der Waals surface area contributed by atoms with Crippen LogP contribution in [0.4, 0.5) is 0 Å². The van der Waals surface area contributed by atoms with Gasteiger partial charge in [0.25, 0.3) is 0 Å². The molecule has 0 aromatic heterocycles. The molecule has 0 unspecified atom stereocenters. The maximum atomic E-state index is 2.53. The number of fused-ring (bicyclic) bond motifs is 12. The van der Waals surface area contributed by atoms with Gasteiger partial charge in [0.2, 0.25) is 0 Å². The highest BCUT2D eigenvalue weighted by Gasteiger charge is 2.39. The van der Waals surface area contributed by atoms with Crippen LogP contribution in [0.5, 0.6) is 0 Å². The van der Waals surface area contributed by atoms with Crippen molar-refractivity contribution in [3.05, 3.63) is 180 Å². The number of hydrogen-bond acceptors (Lipinski definition) is 0. The van der Waals surface area contributed by atoms with E-state index in [0.717, 1.165) is 0 Å². The summed E-state index contributed by atoms with van der Waals surface area (Å²) in [6.07, 6.45) is 0. The minimum atomic E-state index is -0.124. The van der Waals surface area contributed by atoms with Gasteiger partial charge in [0.15, 0.2) is 0 Å². The van der Waals surface area contributed by atoms with Crippen molar-refractivity contribution in [1.82, 2.24) is 0 Å².